The number of nitrogens with one attached hydrogen (secondary N) is 1. The Morgan fingerprint density at radius 1 is 1.11 bits per heavy atom. The van der Waals surface area contributed by atoms with E-state index in [0.29, 0.717) is 11.1 Å². The molecule has 7 heteroatoms. The molecule has 146 valence electrons. The van der Waals surface area contributed by atoms with Gasteiger partial charge >= 0.3 is 172 Å². The van der Waals surface area contributed by atoms with Gasteiger partial charge in [-0.25, -0.2) is 0 Å². The summed E-state index contributed by atoms with van der Waals surface area (Å²) in [5, 5.41) is 0. The van der Waals surface area contributed by atoms with Crippen LogP contribution in [-0.2, 0) is 7.05 Å². The number of fused-ring (bicyclic) bond motifs is 2. The van der Waals surface area contributed by atoms with Crippen molar-refractivity contribution in [1.82, 2.24) is 9.55 Å². The number of aromatic nitrogens is 2. The number of halogens is 1. The van der Waals surface area contributed by atoms with Crippen LogP contribution in [0.15, 0.2) is 44.0 Å². The number of ketones is 2. The summed E-state index contributed by atoms with van der Waals surface area (Å²) in [5.74, 6) is -0.864. The van der Waals surface area contributed by atoms with E-state index in [1.165, 1.54) is 23.7 Å². The fraction of sp³-hybridized carbons (Fsp3) is 0.238. The number of hydrogen-bond acceptors (Lipinski definition) is 4. The number of carbonyl (C=O) groups is 2. The van der Waals surface area contributed by atoms with E-state index in [1.807, 2.05) is 13.8 Å². The van der Waals surface area contributed by atoms with E-state index in [0.717, 1.165) is 9.15 Å². The van der Waals surface area contributed by atoms with Crippen molar-refractivity contribution in [2.75, 3.05) is 0 Å². The van der Waals surface area contributed by atoms with E-state index in [4.69, 9.17) is 0 Å². The third-order valence-electron chi connectivity index (χ3n) is 4.79. The molecule has 0 spiro atoms. The monoisotopic (exact) mass is 491 g/mol. The van der Waals surface area contributed by atoms with Crippen LogP contribution in [0.4, 0.5) is 0 Å². The Morgan fingerprint density at radius 2 is 1.75 bits per heavy atom. The maximum atomic E-state index is 13.4. The van der Waals surface area contributed by atoms with Gasteiger partial charge in [-0.1, -0.05) is 0 Å². The van der Waals surface area contributed by atoms with Crippen molar-refractivity contribution >= 4 is 11.6 Å². The van der Waals surface area contributed by atoms with Gasteiger partial charge in [0.05, 0.1) is 0 Å². The van der Waals surface area contributed by atoms with Crippen LogP contribution in [0, 0.1) is 6.92 Å². The molecule has 1 atom stereocenters. The second kappa shape index (κ2) is 7.12. The molecule has 0 amide bonds. The Kier molecular flexibility index (Phi) is 5.14. The van der Waals surface area contributed by atoms with Crippen molar-refractivity contribution in [3.05, 3.63) is 88.8 Å². The first-order chi connectivity index (χ1) is 13.0. The normalized spacial score (nSPS) is 13.9. The Morgan fingerprint density at radius 3 is 2.36 bits per heavy atom. The molecule has 6 nitrogen and oxygen atoms in total. The Balaban J connectivity index is 2.31. The van der Waals surface area contributed by atoms with Crippen molar-refractivity contribution in [2.45, 2.75) is 24.7 Å². The second-order valence-electron chi connectivity index (χ2n) is 6.86. The van der Waals surface area contributed by atoms with E-state index in [9.17, 15) is 19.2 Å². The Bertz CT molecular complexity index is 1200. The van der Waals surface area contributed by atoms with Gasteiger partial charge in [0.1, 0.15) is 0 Å². The van der Waals surface area contributed by atoms with Gasteiger partial charge in [-0.2, -0.15) is 0 Å². The van der Waals surface area contributed by atoms with E-state index in [1.54, 1.807) is 6.92 Å². The van der Waals surface area contributed by atoms with Crippen LogP contribution < -0.4 is 32.3 Å². The summed E-state index contributed by atoms with van der Waals surface area (Å²) in [4.78, 5) is 53.4. The molecule has 1 N–H and O–H groups in total. The third kappa shape index (κ3) is 3.13. The zero-order valence-electron chi connectivity index (χ0n) is 16.1. The molecule has 0 radical (unpaired) electrons. The summed E-state index contributed by atoms with van der Waals surface area (Å²) in [6.45, 7) is 13.4. The first-order valence-electron chi connectivity index (χ1n) is 8.60. The molecule has 0 saturated carbocycles. The van der Waals surface area contributed by atoms with Gasteiger partial charge in [0.25, 0.3) is 0 Å². The van der Waals surface area contributed by atoms with E-state index in [2.05, 4.69) is 18.1 Å². The molecule has 0 unspecified atom stereocenters. The molecule has 0 bridgehead atoms. The van der Waals surface area contributed by atoms with Gasteiger partial charge in [-0.05, 0) is 0 Å². The predicted octanol–water partition coefficient (Wildman–Crippen LogP) is -0.603. The van der Waals surface area contributed by atoms with Gasteiger partial charge in [0.15, 0.2) is 0 Å². The van der Waals surface area contributed by atoms with E-state index in [-0.39, 0.29) is 37.8 Å². The first-order valence-corrected chi connectivity index (χ1v) is 10.9. The second-order valence-corrected chi connectivity index (χ2v) is 10.6. The number of hydrogen-bond donors (Lipinski definition) is 1. The Hall–Kier alpha value is -2.55. The topological polar surface area (TPSA) is 89.0 Å². The van der Waals surface area contributed by atoms with Gasteiger partial charge in [0.2, 0.25) is 0 Å². The molecule has 1 aliphatic carbocycles. The fourth-order valence-corrected chi connectivity index (χ4v) is 5.76. The summed E-state index contributed by atoms with van der Waals surface area (Å²) in [6.07, 6.45) is 0. The minimum atomic E-state index is -0.638. The number of nitrogens with zero attached hydrogens (tertiary/aromatic N) is 1. The summed E-state index contributed by atoms with van der Waals surface area (Å²) in [6, 6.07) is 2.74. The molecule has 2 heterocycles. The SMILES string of the molecule is C=C(C)C(=C)[I-][C@@H](C)c1cc(=O)n(C)c2c1C(=O)c1c(C)cc(=O)[nH]c1C2=O. The van der Waals surface area contributed by atoms with Gasteiger partial charge in [-0.3, -0.25) is 0 Å². The zero-order chi connectivity index (χ0) is 20.9. The standard InChI is InChI=1S/C21H20IN2O4/c1-9(2)11(4)22-12(5)13-8-15(26)24(6)19-17(13)20(27)16-10(3)7-14(25)23-18(16)21(19)28/h7-8,12H,1,4H2,2-3,5-6H3,(H,23,25)/q-1/t12-/m0/s1. The molecule has 0 fully saturated rings. The molecule has 1 aliphatic rings. The van der Waals surface area contributed by atoms with Crippen LogP contribution in [0.3, 0.4) is 0 Å². The van der Waals surface area contributed by atoms with Gasteiger partial charge in [-0.15, -0.1) is 0 Å². The average molecular weight is 491 g/mol. The molecule has 0 saturated heterocycles. The molecule has 28 heavy (non-hydrogen) atoms. The molecular weight excluding hydrogens is 471 g/mol. The summed E-state index contributed by atoms with van der Waals surface area (Å²) >= 11 is -0.638. The molecule has 3 rings (SSSR count). The summed E-state index contributed by atoms with van der Waals surface area (Å²) in [7, 11) is 1.46. The quantitative estimate of drug-likeness (QED) is 0.300. The minimum absolute atomic E-state index is 0.0260. The van der Waals surface area contributed by atoms with Crippen LogP contribution in [0.1, 0.15) is 61.0 Å². The molecular formula is C21H20IN2O4-. The summed E-state index contributed by atoms with van der Waals surface area (Å²) < 4.78 is 2.00. The fourth-order valence-electron chi connectivity index (χ4n) is 3.28. The number of carbonyl (C=O) groups excluding carboxylic acids is 2. The van der Waals surface area contributed by atoms with E-state index >= 15 is 0 Å². The number of rotatable bonds is 4. The number of H-pyrrole nitrogens is 1. The number of alkyl halides is 1. The van der Waals surface area contributed by atoms with Crippen LogP contribution in [-0.4, -0.2) is 21.1 Å². The number of allylic oxidation sites excluding steroid dienone is 2. The van der Waals surface area contributed by atoms with Crippen LogP contribution >= 0.6 is 0 Å². The van der Waals surface area contributed by atoms with Crippen LogP contribution in [0.5, 0.6) is 0 Å². The maximum absolute atomic E-state index is 13.4. The van der Waals surface area contributed by atoms with Crippen LogP contribution in [0.25, 0.3) is 0 Å². The molecule has 2 aromatic heterocycles. The number of aromatic amines is 1. The molecule has 0 aromatic carbocycles. The predicted molar refractivity (Wildman–Crippen MR) is 103 cm³/mol. The summed E-state index contributed by atoms with van der Waals surface area (Å²) in [5.41, 5.74) is 1.46. The first kappa shape index (κ1) is 20.2. The molecule has 2 aromatic rings. The Labute approximate surface area is 172 Å². The van der Waals surface area contributed by atoms with Crippen molar-refractivity contribution in [2.24, 2.45) is 7.05 Å². The number of pyridine rings is 2. The molecule has 0 aliphatic heterocycles. The van der Waals surface area contributed by atoms with Crippen molar-refractivity contribution in [3.8, 4) is 0 Å². The van der Waals surface area contributed by atoms with Gasteiger partial charge < -0.3 is 0 Å². The van der Waals surface area contributed by atoms with Crippen molar-refractivity contribution in [1.29, 1.82) is 0 Å². The average Bonchev–Trinajstić information content (AvgIpc) is 2.60. The zero-order valence-corrected chi connectivity index (χ0v) is 18.3. The van der Waals surface area contributed by atoms with Crippen molar-refractivity contribution in [3.63, 3.8) is 0 Å². The van der Waals surface area contributed by atoms with E-state index < -0.39 is 32.5 Å². The van der Waals surface area contributed by atoms with Crippen molar-refractivity contribution < 1.29 is 30.8 Å². The third-order valence-corrected chi connectivity index (χ3v) is 8.07. The van der Waals surface area contributed by atoms with Crippen LogP contribution in [0.2, 0.25) is 0 Å². The van der Waals surface area contributed by atoms with Gasteiger partial charge in [0, 0.05) is 0 Å². The number of aryl methyl sites for hydroxylation is 1.